The van der Waals surface area contributed by atoms with E-state index in [2.05, 4.69) is 6.07 Å². The zero-order chi connectivity index (χ0) is 13.2. The number of para-hydroxylation sites is 1. The molecular weight excluding hydrogens is 228 g/mol. The molecule has 4 nitrogen and oxygen atoms in total. The minimum absolute atomic E-state index is 0.271. The first-order chi connectivity index (χ1) is 8.76. The largest absolute Gasteiger partial charge is 0.491 e. The molecule has 18 heavy (non-hydrogen) atoms. The molecule has 0 amide bonds. The Hall–Kier alpha value is -1.57. The molecule has 0 saturated heterocycles. The maximum atomic E-state index is 9.86. The molecule has 0 bridgehead atoms. The first-order valence-electron chi connectivity index (χ1n) is 6.21. The lowest BCUT2D eigenvalue weighted by molar-refractivity contribution is 0.0706. The summed E-state index contributed by atoms with van der Waals surface area (Å²) in [6.07, 6.45) is -0.0519. The van der Waals surface area contributed by atoms with Crippen molar-refractivity contribution in [2.24, 2.45) is 0 Å². The molecule has 1 aromatic carbocycles. The highest BCUT2D eigenvalue weighted by Crippen LogP contribution is 2.08. The number of rotatable bonds is 8. The van der Waals surface area contributed by atoms with E-state index < -0.39 is 6.10 Å². The van der Waals surface area contributed by atoms with Crippen LogP contribution < -0.4 is 4.74 Å². The van der Waals surface area contributed by atoms with Gasteiger partial charge in [-0.2, -0.15) is 5.26 Å². The molecule has 0 spiro atoms. The molecule has 0 aliphatic carbocycles. The van der Waals surface area contributed by atoms with E-state index in [1.807, 2.05) is 42.2 Å². The van der Waals surface area contributed by atoms with Crippen molar-refractivity contribution in [3.05, 3.63) is 30.3 Å². The molecule has 0 aliphatic rings. The van der Waals surface area contributed by atoms with E-state index in [9.17, 15) is 5.11 Å². The average Bonchev–Trinajstić information content (AvgIpc) is 2.42. The van der Waals surface area contributed by atoms with Crippen LogP contribution in [0.15, 0.2) is 30.3 Å². The lowest BCUT2D eigenvalue weighted by Crippen LogP contribution is -2.36. The van der Waals surface area contributed by atoms with Crippen molar-refractivity contribution in [2.45, 2.75) is 19.4 Å². The fourth-order valence-corrected chi connectivity index (χ4v) is 1.65. The number of likely N-dealkylation sites (N-methyl/N-ethyl adjacent to an activating group) is 1. The van der Waals surface area contributed by atoms with Crippen molar-refractivity contribution in [2.75, 3.05) is 26.2 Å². The Bertz CT molecular complexity index is 362. The zero-order valence-corrected chi connectivity index (χ0v) is 10.7. The summed E-state index contributed by atoms with van der Waals surface area (Å²) in [6, 6.07) is 11.5. The summed E-state index contributed by atoms with van der Waals surface area (Å²) in [7, 11) is 0. The Morgan fingerprint density at radius 1 is 1.39 bits per heavy atom. The summed E-state index contributed by atoms with van der Waals surface area (Å²) in [6.45, 7) is 4.33. The quantitative estimate of drug-likeness (QED) is 0.760. The van der Waals surface area contributed by atoms with Gasteiger partial charge in [0.05, 0.1) is 6.07 Å². The summed E-state index contributed by atoms with van der Waals surface area (Å²) in [5.74, 6) is 0.761. The second-order valence-corrected chi connectivity index (χ2v) is 4.08. The monoisotopic (exact) mass is 248 g/mol. The van der Waals surface area contributed by atoms with Gasteiger partial charge in [-0.15, -0.1) is 0 Å². The van der Waals surface area contributed by atoms with Crippen LogP contribution in [0, 0.1) is 11.3 Å². The topological polar surface area (TPSA) is 56.5 Å². The molecule has 0 aliphatic heterocycles. The number of hydrogen-bond acceptors (Lipinski definition) is 4. The van der Waals surface area contributed by atoms with Gasteiger partial charge in [0.25, 0.3) is 0 Å². The van der Waals surface area contributed by atoms with E-state index in [-0.39, 0.29) is 6.61 Å². The predicted octanol–water partition coefficient (Wildman–Crippen LogP) is 1.66. The van der Waals surface area contributed by atoms with Gasteiger partial charge in [0.2, 0.25) is 0 Å². The Kier molecular flexibility index (Phi) is 6.85. The van der Waals surface area contributed by atoms with E-state index in [0.29, 0.717) is 19.5 Å². The number of nitrogens with zero attached hydrogens (tertiary/aromatic N) is 2. The van der Waals surface area contributed by atoms with Crippen molar-refractivity contribution >= 4 is 0 Å². The Labute approximate surface area is 108 Å². The smallest absolute Gasteiger partial charge is 0.119 e. The number of nitriles is 1. The van der Waals surface area contributed by atoms with Gasteiger partial charge in [-0.3, -0.25) is 4.90 Å². The molecule has 1 unspecified atom stereocenters. The fourth-order valence-electron chi connectivity index (χ4n) is 1.65. The summed E-state index contributed by atoms with van der Waals surface area (Å²) in [5, 5.41) is 18.4. The van der Waals surface area contributed by atoms with E-state index in [1.54, 1.807) is 0 Å². The van der Waals surface area contributed by atoms with Crippen molar-refractivity contribution in [3.8, 4) is 11.8 Å². The minimum Gasteiger partial charge on any atom is -0.491 e. The number of aliphatic hydroxyl groups excluding tert-OH is 1. The molecule has 1 atom stereocenters. The highest BCUT2D eigenvalue weighted by molar-refractivity contribution is 5.20. The highest BCUT2D eigenvalue weighted by atomic mass is 16.5. The van der Waals surface area contributed by atoms with Crippen LogP contribution in [0.4, 0.5) is 0 Å². The summed E-state index contributed by atoms with van der Waals surface area (Å²) < 4.78 is 5.48. The molecule has 98 valence electrons. The molecule has 1 rings (SSSR count). The van der Waals surface area contributed by atoms with E-state index in [4.69, 9.17) is 10.00 Å². The molecular formula is C14H20N2O2. The fraction of sp³-hybridized carbons (Fsp3) is 0.500. The first-order valence-corrected chi connectivity index (χ1v) is 6.21. The first kappa shape index (κ1) is 14.5. The van der Waals surface area contributed by atoms with Crippen molar-refractivity contribution in [3.63, 3.8) is 0 Å². The summed E-state index contributed by atoms with van der Waals surface area (Å²) >= 11 is 0. The standard InChI is InChI=1S/C14H20N2O2/c1-2-16(10-6-9-15)11-13(17)12-18-14-7-4-3-5-8-14/h3-5,7-8,13,17H,2,6,10-12H2,1H3. The lowest BCUT2D eigenvalue weighted by Gasteiger charge is -2.22. The maximum absolute atomic E-state index is 9.86. The SMILES string of the molecule is CCN(CCC#N)CC(O)COc1ccccc1. The Morgan fingerprint density at radius 2 is 2.11 bits per heavy atom. The second-order valence-electron chi connectivity index (χ2n) is 4.08. The molecule has 1 aromatic rings. The third-order valence-corrected chi connectivity index (χ3v) is 2.64. The molecule has 1 N–H and O–H groups in total. The molecule has 4 heteroatoms. The van der Waals surface area contributed by atoms with Gasteiger partial charge in [-0.25, -0.2) is 0 Å². The normalized spacial score (nSPS) is 12.1. The molecule has 0 saturated carbocycles. The number of aliphatic hydroxyl groups is 1. The van der Waals surface area contributed by atoms with Gasteiger partial charge < -0.3 is 9.84 Å². The number of benzene rings is 1. The Balaban J connectivity index is 2.28. The van der Waals surface area contributed by atoms with E-state index in [0.717, 1.165) is 12.3 Å². The van der Waals surface area contributed by atoms with Crippen molar-refractivity contribution in [1.29, 1.82) is 5.26 Å². The zero-order valence-electron chi connectivity index (χ0n) is 10.7. The van der Waals surface area contributed by atoms with E-state index >= 15 is 0 Å². The van der Waals surface area contributed by atoms with Gasteiger partial charge in [-0.1, -0.05) is 25.1 Å². The van der Waals surface area contributed by atoms with Gasteiger partial charge in [0.1, 0.15) is 18.5 Å². The van der Waals surface area contributed by atoms with Crippen LogP contribution in [0.3, 0.4) is 0 Å². The van der Waals surface area contributed by atoms with Crippen LogP contribution in [0.25, 0.3) is 0 Å². The lowest BCUT2D eigenvalue weighted by atomic mass is 10.3. The van der Waals surface area contributed by atoms with Gasteiger partial charge >= 0.3 is 0 Å². The number of hydrogen-bond donors (Lipinski definition) is 1. The van der Waals surface area contributed by atoms with Crippen molar-refractivity contribution in [1.82, 2.24) is 4.90 Å². The van der Waals surface area contributed by atoms with E-state index in [1.165, 1.54) is 0 Å². The predicted molar refractivity (Wildman–Crippen MR) is 70.3 cm³/mol. The van der Waals surface area contributed by atoms with Crippen LogP contribution in [0.1, 0.15) is 13.3 Å². The van der Waals surface area contributed by atoms with Crippen LogP contribution in [-0.2, 0) is 0 Å². The molecule has 0 aromatic heterocycles. The maximum Gasteiger partial charge on any atom is 0.119 e. The highest BCUT2D eigenvalue weighted by Gasteiger charge is 2.10. The molecule has 0 radical (unpaired) electrons. The van der Waals surface area contributed by atoms with Gasteiger partial charge in [0, 0.05) is 19.5 Å². The van der Waals surface area contributed by atoms with Gasteiger partial charge in [-0.05, 0) is 18.7 Å². The van der Waals surface area contributed by atoms with Gasteiger partial charge in [0.15, 0.2) is 0 Å². The van der Waals surface area contributed by atoms with Crippen molar-refractivity contribution < 1.29 is 9.84 Å². The third-order valence-electron chi connectivity index (χ3n) is 2.64. The van der Waals surface area contributed by atoms with Crippen LogP contribution >= 0.6 is 0 Å². The minimum atomic E-state index is -0.538. The van der Waals surface area contributed by atoms with Crippen LogP contribution in [0.2, 0.25) is 0 Å². The molecule has 0 fully saturated rings. The third kappa shape index (κ3) is 5.67. The number of ether oxygens (including phenoxy) is 1. The van der Waals surface area contributed by atoms with Crippen LogP contribution in [-0.4, -0.2) is 42.4 Å². The summed E-state index contributed by atoms with van der Waals surface area (Å²) in [5.41, 5.74) is 0. The van der Waals surface area contributed by atoms with Crippen LogP contribution in [0.5, 0.6) is 5.75 Å². The Morgan fingerprint density at radius 3 is 2.72 bits per heavy atom. The average molecular weight is 248 g/mol. The second kappa shape index (κ2) is 8.51. The summed E-state index contributed by atoms with van der Waals surface area (Å²) in [4.78, 5) is 2.04. The molecule has 0 heterocycles.